The number of rotatable bonds is 6. The van der Waals surface area contributed by atoms with Crippen molar-refractivity contribution in [2.45, 2.75) is 13.3 Å². The molecule has 0 aromatic heterocycles. The summed E-state index contributed by atoms with van der Waals surface area (Å²) in [7, 11) is 3.23. The molecular weight excluding hydrogens is 417 g/mol. The van der Waals surface area contributed by atoms with Crippen LogP contribution in [0.4, 0.5) is 5.69 Å². The number of anilines is 1. The zero-order chi connectivity index (χ0) is 16.7. The van der Waals surface area contributed by atoms with Crippen LogP contribution in [-0.2, 0) is 6.42 Å². The van der Waals surface area contributed by atoms with Gasteiger partial charge in [0.05, 0.1) is 19.9 Å². The monoisotopic (exact) mass is 441 g/mol. The van der Waals surface area contributed by atoms with Crippen LogP contribution >= 0.6 is 24.0 Å². The van der Waals surface area contributed by atoms with Crippen molar-refractivity contribution in [1.29, 1.82) is 0 Å². The van der Waals surface area contributed by atoms with E-state index in [0.29, 0.717) is 18.3 Å². The maximum atomic E-state index is 5.97. The van der Waals surface area contributed by atoms with E-state index in [9.17, 15) is 0 Å². The molecule has 0 unspecified atom stereocenters. The fourth-order valence-corrected chi connectivity index (χ4v) is 2.28. The van der Waals surface area contributed by atoms with E-state index in [1.807, 2.05) is 30.3 Å². The van der Waals surface area contributed by atoms with E-state index in [-0.39, 0.29) is 24.0 Å². The summed E-state index contributed by atoms with van der Waals surface area (Å²) in [6, 6.07) is 13.8. The van der Waals surface area contributed by atoms with Gasteiger partial charge in [-0.15, -0.1) is 24.0 Å². The molecule has 0 aliphatic rings. The largest absolute Gasteiger partial charge is 0.497 e. The number of ether oxygens (including phenoxy) is 2. The first kappa shape index (κ1) is 20.1. The maximum Gasteiger partial charge on any atom is 0.193 e. The van der Waals surface area contributed by atoms with Gasteiger partial charge in [-0.25, -0.2) is 0 Å². The van der Waals surface area contributed by atoms with Gasteiger partial charge in [0, 0.05) is 12.6 Å². The Kier molecular flexibility index (Phi) is 8.39. The minimum atomic E-state index is 0. The molecule has 0 aliphatic carbocycles. The Bertz CT molecular complexity index is 690. The molecule has 6 heteroatoms. The van der Waals surface area contributed by atoms with Gasteiger partial charge >= 0.3 is 0 Å². The fraction of sp³-hybridized carbons (Fsp3) is 0.278. The number of guanidine groups is 1. The molecule has 24 heavy (non-hydrogen) atoms. The fourth-order valence-electron chi connectivity index (χ4n) is 2.28. The smallest absolute Gasteiger partial charge is 0.193 e. The van der Waals surface area contributed by atoms with Crippen molar-refractivity contribution in [2.75, 3.05) is 26.1 Å². The van der Waals surface area contributed by atoms with E-state index in [2.05, 4.69) is 29.4 Å². The molecule has 0 spiro atoms. The molecule has 0 atom stereocenters. The topological polar surface area (TPSA) is 68.9 Å². The van der Waals surface area contributed by atoms with E-state index in [1.54, 1.807) is 14.2 Å². The molecule has 5 nitrogen and oxygen atoms in total. The third-order valence-electron chi connectivity index (χ3n) is 3.59. The van der Waals surface area contributed by atoms with Crippen molar-refractivity contribution in [1.82, 2.24) is 0 Å². The first-order chi connectivity index (χ1) is 11.1. The number of aliphatic imine (C=N–C) groups is 1. The van der Waals surface area contributed by atoms with E-state index in [0.717, 1.165) is 17.9 Å². The van der Waals surface area contributed by atoms with Crippen molar-refractivity contribution >= 4 is 35.6 Å². The Balaban J connectivity index is 0.00000288. The highest BCUT2D eigenvalue weighted by molar-refractivity contribution is 14.0. The van der Waals surface area contributed by atoms with Crippen LogP contribution in [0.15, 0.2) is 47.5 Å². The van der Waals surface area contributed by atoms with Gasteiger partial charge < -0.3 is 20.5 Å². The molecule has 2 aromatic rings. The lowest BCUT2D eigenvalue weighted by molar-refractivity contribution is 0.405. The standard InChI is InChI=1S/C18H23N3O2.HI/c1-13-6-4-5-7-14(13)10-11-20-18(19)21-16-12-15(22-2)8-9-17(16)23-3;/h4-9,12H,10-11H2,1-3H3,(H3,19,20,21);1H. The molecule has 3 N–H and O–H groups in total. The summed E-state index contributed by atoms with van der Waals surface area (Å²) in [6.07, 6.45) is 0.851. The SMILES string of the molecule is COc1ccc(OC)c(NC(N)=NCCc2ccccc2C)c1.I. The summed E-state index contributed by atoms with van der Waals surface area (Å²) in [5.74, 6) is 1.76. The second-order valence-electron chi connectivity index (χ2n) is 5.13. The minimum absolute atomic E-state index is 0. The Labute approximate surface area is 160 Å². The first-order valence-corrected chi connectivity index (χ1v) is 7.47. The van der Waals surface area contributed by atoms with Gasteiger partial charge in [0.25, 0.3) is 0 Å². The predicted molar refractivity (Wildman–Crippen MR) is 110 cm³/mol. The lowest BCUT2D eigenvalue weighted by Gasteiger charge is -2.12. The third kappa shape index (κ3) is 5.59. The maximum absolute atomic E-state index is 5.97. The highest BCUT2D eigenvalue weighted by Gasteiger charge is 2.06. The molecule has 0 saturated carbocycles. The van der Waals surface area contributed by atoms with Crippen molar-refractivity contribution in [2.24, 2.45) is 10.7 Å². The lowest BCUT2D eigenvalue weighted by Crippen LogP contribution is -2.23. The number of nitrogens with two attached hydrogens (primary N) is 1. The molecular formula is C18H24IN3O2. The predicted octanol–water partition coefficient (Wildman–Crippen LogP) is 3.60. The van der Waals surface area contributed by atoms with Gasteiger partial charge in [-0.2, -0.15) is 0 Å². The van der Waals surface area contributed by atoms with Crippen LogP contribution in [0.5, 0.6) is 11.5 Å². The highest BCUT2D eigenvalue weighted by Crippen LogP contribution is 2.28. The second-order valence-corrected chi connectivity index (χ2v) is 5.13. The Hall–Kier alpha value is -1.96. The van der Waals surface area contributed by atoms with Gasteiger partial charge in [-0.3, -0.25) is 4.99 Å². The Morgan fingerprint density at radius 3 is 2.54 bits per heavy atom. The molecule has 0 amide bonds. The summed E-state index contributed by atoms with van der Waals surface area (Å²) >= 11 is 0. The molecule has 0 radical (unpaired) electrons. The first-order valence-electron chi connectivity index (χ1n) is 7.47. The third-order valence-corrected chi connectivity index (χ3v) is 3.59. The minimum Gasteiger partial charge on any atom is -0.497 e. The van der Waals surface area contributed by atoms with E-state index < -0.39 is 0 Å². The molecule has 130 valence electrons. The summed E-state index contributed by atoms with van der Waals surface area (Å²) in [5, 5.41) is 3.06. The number of aryl methyl sites for hydroxylation is 1. The summed E-state index contributed by atoms with van der Waals surface area (Å²) in [6.45, 7) is 2.72. The van der Waals surface area contributed by atoms with Gasteiger partial charge in [-0.05, 0) is 36.6 Å². The van der Waals surface area contributed by atoms with Crippen LogP contribution in [0.2, 0.25) is 0 Å². The van der Waals surface area contributed by atoms with Crippen molar-refractivity contribution in [3.8, 4) is 11.5 Å². The average Bonchev–Trinajstić information content (AvgIpc) is 2.56. The number of benzene rings is 2. The van der Waals surface area contributed by atoms with Crippen molar-refractivity contribution in [3.63, 3.8) is 0 Å². The number of halogens is 1. The van der Waals surface area contributed by atoms with E-state index in [4.69, 9.17) is 15.2 Å². The summed E-state index contributed by atoms with van der Waals surface area (Å²) in [5.41, 5.74) is 9.24. The average molecular weight is 441 g/mol. The van der Waals surface area contributed by atoms with Crippen LogP contribution in [0.25, 0.3) is 0 Å². The van der Waals surface area contributed by atoms with Gasteiger partial charge in [-0.1, -0.05) is 24.3 Å². The van der Waals surface area contributed by atoms with Crippen LogP contribution < -0.4 is 20.5 Å². The molecule has 0 bridgehead atoms. The van der Waals surface area contributed by atoms with Crippen molar-refractivity contribution in [3.05, 3.63) is 53.6 Å². The second kappa shape index (κ2) is 10.0. The Morgan fingerprint density at radius 1 is 1.12 bits per heavy atom. The zero-order valence-electron chi connectivity index (χ0n) is 14.2. The van der Waals surface area contributed by atoms with Crippen molar-refractivity contribution < 1.29 is 9.47 Å². The zero-order valence-corrected chi connectivity index (χ0v) is 16.5. The van der Waals surface area contributed by atoms with Gasteiger partial charge in [0.1, 0.15) is 11.5 Å². The highest BCUT2D eigenvalue weighted by atomic mass is 127. The van der Waals surface area contributed by atoms with Crippen LogP contribution in [0.1, 0.15) is 11.1 Å². The normalized spacial score (nSPS) is 10.7. The lowest BCUT2D eigenvalue weighted by atomic mass is 10.1. The quantitative estimate of drug-likeness (QED) is 0.409. The molecule has 0 heterocycles. The number of nitrogens with zero attached hydrogens (tertiary/aromatic N) is 1. The molecule has 0 fully saturated rings. The number of hydrogen-bond donors (Lipinski definition) is 2. The summed E-state index contributed by atoms with van der Waals surface area (Å²) < 4.78 is 10.5. The molecule has 0 saturated heterocycles. The van der Waals surface area contributed by atoms with Gasteiger partial charge in [0.2, 0.25) is 0 Å². The number of methoxy groups -OCH3 is 2. The molecule has 2 rings (SSSR count). The number of hydrogen-bond acceptors (Lipinski definition) is 3. The van der Waals surface area contributed by atoms with Crippen LogP contribution in [0, 0.1) is 6.92 Å². The van der Waals surface area contributed by atoms with E-state index in [1.165, 1.54) is 11.1 Å². The Morgan fingerprint density at radius 2 is 1.88 bits per heavy atom. The number of nitrogens with one attached hydrogen (secondary N) is 1. The summed E-state index contributed by atoms with van der Waals surface area (Å²) in [4.78, 5) is 4.37. The van der Waals surface area contributed by atoms with Crippen LogP contribution in [0.3, 0.4) is 0 Å². The van der Waals surface area contributed by atoms with Gasteiger partial charge in [0.15, 0.2) is 5.96 Å². The molecule has 2 aromatic carbocycles. The van der Waals surface area contributed by atoms with E-state index >= 15 is 0 Å². The molecule has 0 aliphatic heterocycles. The van der Waals surface area contributed by atoms with Crippen LogP contribution in [-0.4, -0.2) is 26.7 Å².